The fraction of sp³-hybridized carbons (Fsp3) is 0.125. The minimum atomic E-state index is -3.75. The van der Waals surface area contributed by atoms with Crippen LogP contribution < -0.4 is 5.73 Å². The van der Waals surface area contributed by atoms with Crippen LogP contribution in [0.3, 0.4) is 0 Å². The second-order valence-electron chi connectivity index (χ2n) is 2.91. The molecule has 0 aliphatic rings. The van der Waals surface area contributed by atoms with Crippen LogP contribution in [-0.4, -0.2) is 24.4 Å². The fourth-order valence-electron chi connectivity index (χ4n) is 0.924. The smallest absolute Gasteiger partial charge is 0.282 e. The first-order chi connectivity index (χ1) is 6.82. The van der Waals surface area contributed by atoms with E-state index < -0.39 is 15.9 Å². The topological polar surface area (TPSA) is 80.5 Å². The van der Waals surface area contributed by atoms with Gasteiger partial charge < -0.3 is 5.73 Å². The maximum atomic E-state index is 11.5. The molecular formula is C8H9ClN2O3S. The van der Waals surface area contributed by atoms with Gasteiger partial charge in [0.15, 0.2) is 0 Å². The maximum Gasteiger partial charge on any atom is 0.282 e. The van der Waals surface area contributed by atoms with E-state index in [9.17, 15) is 13.2 Å². The Morgan fingerprint density at radius 2 is 2.07 bits per heavy atom. The number of amides is 1. The van der Waals surface area contributed by atoms with Gasteiger partial charge in [-0.2, -0.15) is 0 Å². The summed E-state index contributed by atoms with van der Waals surface area (Å²) in [6.45, 7) is 0. The zero-order valence-corrected chi connectivity index (χ0v) is 9.42. The minimum Gasteiger partial charge on any atom is -0.399 e. The van der Waals surface area contributed by atoms with Gasteiger partial charge >= 0.3 is 0 Å². The Morgan fingerprint density at radius 3 is 2.53 bits per heavy atom. The van der Waals surface area contributed by atoms with Crippen LogP contribution in [0.5, 0.6) is 0 Å². The molecule has 0 saturated heterocycles. The summed E-state index contributed by atoms with van der Waals surface area (Å²) in [5, 5.41) is 0. The van der Waals surface area contributed by atoms with E-state index in [0.29, 0.717) is 5.69 Å². The van der Waals surface area contributed by atoms with Gasteiger partial charge in [-0.15, -0.1) is 3.82 Å². The van der Waals surface area contributed by atoms with Gasteiger partial charge in [-0.1, -0.05) is 6.07 Å². The monoisotopic (exact) mass is 248 g/mol. The number of nitrogens with two attached hydrogens (primary N) is 1. The summed E-state index contributed by atoms with van der Waals surface area (Å²) in [5.41, 5.74) is 5.92. The number of hydrogen-bond donors (Lipinski definition) is 1. The molecule has 0 atom stereocenters. The molecule has 0 aromatic heterocycles. The van der Waals surface area contributed by atoms with E-state index >= 15 is 0 Å². The van der Waals surface area contributed by atoms with Crippen molar-refractivity contribution in [2.45, 2.75) is 0 Å². The third-order valence-electron chi connectivity index (χ3n) is 1.58. The van der Waals surface area contributed by atoms with Gasteiger partial charge in [0, 0.05) is 23.0 Å². The number of nitrogen functional groups attached to an aromatic ring is 1. The van der Waals surface area contributed by atoms with Gasteiger partial charge in [-0.25, -0.2) is 8.42 Å². The lowest BCUT2D eigenvalue weighted by Gasteiger charge is -2.10. The quantitative estimate of drug-likeness (QED) is 0.621. The van der Waals surface area contributed by atoms with E-state index in [1.807, 2.05) is 0 Å². The number of carbonyl (C=O) groups excluding carboxylic acids is 1. The van der Waals surface area contributed by atoms with Crippen LogP contribution >= 0.6 is 11.8 Å². The van der Waals surface area contributed by atoms with Gasteiger partial charge in [-0.05, 0) is 18.2 Å². The first-order valence-corrected chi connectivity index (χ1v) is 6.07. The van der Waals surface area contributed by atoms with Crippen molar-refractivity contribution in [2.24, 2.45) is 0 Å². The molecule has 7 heteroatoms. The van der Waals surface area contributed by atoms with Crippen molar-refractivity contribution < 1.29 is 13.2 Å². The normalized spacial score (nSPS) is 11.1. The zero-order chi connectivity index (χ0) is 11.6. The zero-order valence-electron chi connectivity index (χ0n) is 7.84. The standard InChI is InChI=1S/C8H9ClN2O3S/c1-15(13,14)11(9)8(12)6-3-2-4-7(10)5-6/h2-5H,10H2,1H3. The Kier molecular flexibility index (Phi) is 3.21. The van der Waals surface area contributed by atoms with Crippen LogP contribution in [0.25, 0.3) is 0 Å². The van der Waals surface area contributed by atoms with Crippen LogP contribution in [-0.2, 0) is 10.0 Å². The Balaban J connectivity index is 3.06. The van der Waals surface area contributed by atoms with Gasteiger partial charge in [0.25, 0.3) is 5.91 Å². The third-order valence-corrected chi connectivity index (χ3v) is 3.24. The van der Waals surface area contributed by atoms with E-state index in [0.717, 1.165) is 6.26 Å². The highest BCUT2D eigenvalue weighted by atomic mass is 35.5. The fourth-order valence-corrected chi connectivity index (χ4v) is 1.43. The Labute approximate surface area is 92.6 Å². The van der Waals surface area contributed by atoms with E-state index in [1.54, 1.807) is 6.07 Å². The molecule has 0 unspecified atom stereocenters. The number of hydrogen-bond acceptors (Lipinski definition) is 4. The van der Waals surface area contributed by atoms with Crippen LogP contribution in [0.1, 0.15) is 10.4 Å². The summed E-state index contributed by atoms with van der Waals surface area (Å²) in [6, 6.07) is 5.90. The van der Waals surface area contributed by atoms with Crippen molar-refractivity contribution in [3.05, 3.63) is 29.8 Å². The molecule has 0 aliphatic heterocycles. The van der Waals surface area contributed by atoms with Crippen molar-refractivity contribution in [1.82, 2.24) is 3.82 Å². The van der Waals surface area contributed by atoms with Crippen LogP contribution in [0.2, 0.25) is 0 Å². The molecule has 5 nitrogen and oxygen atoms in total. The summed E-state index contributed by atoms with van der Waals surface area (Å²) >= 11 is 5.35. The van der Waals surface area contributed by atoms with Gasteiger partial charge in [0.2, 0.25) is 10.0 Å². The van der Waals surface area contributed by atoms with Crippen molar-refractivity contribution in [2.75, 3.05) is 12.0 Å². The van der Waals surface area contributed by atoms with Crippen molar-refractivity contribution in [3.8, 4) is 0 Å². The predicted octanol–water partition coefficient (Wildman–Crippen LogP) is 0.824. The minimum absolute atomic E-state index is 0.121. The lowest BCUT2D eigenvalue weighted by Crippen LogP contribution is -2.27. The van der Waals surface area contributed by atoms with Crippen LogP contribution in [0.4, 0.5) is 5.69 Å². The van der Waals surface area contributed by atoms with Crippen LogP contribution in [0.15, 0.2) is 24.3 Å². The Morgan fingerprint density at radius 1 is 1.47 bits per heavy atom. The van der Waals surface area contributed by atoms with Crippen molar-refractivity contribution >= 4 is 33.4 Å². The molecule has 0 heterocycles. The molecule has 0 spiro atoms. The second-order valence-corrected chi connectivity index (χ2v) is 5.28. The summed E-state index contributed by atoms with van der Waals surface area (Å²) in [6.07, 6.45) is 0.837. The first-order valence-electron chi connectivity index (χ1n) is 3.88. The lowest BCUT2D eigenvalue weighted by molar-refractivity contribution is 0.0923. The van der Waals surface area contributed by atoms with E-state index in [1.165, 1.54) is 18.2 Å². The van der Waals surface area contributed by atoms with Crippen molar-refractivity contribution in [1.29, 1.82) is 0 Å². The lowest BCUT2D eigenvalue weighted by atomic mass is 10.2. The molecule has 0 radical (unpaired) electrons. The summed E-state index contributed by atoms with van der Waals surface area (Å²) in [7, 11) is -3.75. The molecule has 2 N–H and O–H groups in total. The molecule has 1 aromatic rings. The number of nitrogens with zero attached hydrogens (tertiary/aromatic N) is 1. The largest absolute Gasteiger partial charge is 0.399 e. The van der Waals surface area contributed by atoms with Gasteiger partial charge in [-0.3, -0.25) is 4.79 Å². The molecule has 0 aliphatic carbocycles. The van der Waals surface area contributed by atoms with E-state index in [4.69, 9.17) is 17.5 Å². The molecule has 1 aromatic carbocycles. The second kappa shape index (κ2) is 4.08. The number of carbonyl (C=O) groups is 1. The Hall–Kier alpha value is -1.27. The summed E-state index contributed by atoms with van der Waals surface area (Å²) < 4.78 is 22.1. The predicted molar refractivity (Wildman–Crippen MR) is 57.7 cm³/mol. The first kappa shape index (κ1) is 11.8. The summed E-state index contributed by atoms with van der Waals surface area (Å²) in [4.78, 5) is 11.5. The number of benzene rings is 1. The highest BCUT2D eigenvalue weighted by Gasteiger charge is 2.22. The molecular weight excluding hydrogens is 240 g/mol. The third kappa shape index (κ3) is 2.84. The van der Waals surface area contributed by atoms with E-state index in [-0.39, 0.29) is 9.39 Å². The molecule has 0 fully saturated rings. The molecule has 0 saturated carbocycles. The average Bonchev–Trinajstić information content (AvgIpc) is 2.14. The van der Waals surface area contributed by atoms with Gasteiger partial charge in [0.1, 0.15) is 0 Å². The number of halogens is 1. The molecule has 1 amide bonds. The molecule has 15 heavy (non-hydrogen) atoms. The molecule has 0 bridgehead atoms. The SMILES string of the molecule is CS(=O)(=O)N(Cl)C(=O)c1cccc(N)c1. The average molecular weight is 249 g/mol. The Bertz CT molecular complexity index is 486. The van der Waals surface area contributed by atoms with E-state index in [2.05, 4.69) is 0 Å². The number of anilines is 1. The van der Waals surface area contributed by atoms with Crippen molar-refractivity contribution in [3.63, 3.8) is 0 Å². The maximum absolute atomic E-state index is 11.5. The number of sulfonamides is 1. The van der Waals surface area contributed by atoms with Gasteiger partial charge in [0.05, 0.1) is 6.26 Å². The number of rotatable bonds is 2. The highest BCUT2D eigenvalue weighted by molar-refractivity contribution is 7.89. The summed E-state index contributed by atoms with van der Waals surface area (Å²) in [5.74, 6) is -0.827. The molecule has 1 rings (SSSR count). The molecule has 82 valence electrons. The highest BCUT2D eigenvalue weighted by Crippen LogP contribution is 2.13. The van der Waals surface area contributed by atoms with Crippen LogP contribution in [0, 0.1) is 0 Å².